The smallest absolute Gasteiger partial charge is 0.299 e. The van der Waals surface area contributed by atoms with Crippen LogP contribution in [-0.4, -0.2) is 25.4 Å². The first-order chi connectivity index (χ1) is 7.68. The zero-order chi connectivity index (χ0) is 13.0. The lowest BCUT2D eigenvalue weighted by Crippen LogP contribution is -2.49. The van der Waals surface area contributed by atoms with E-state index < -0.39 is 39.6 Å². The standard InChI is InChI=1S/C9H10F4O3S/c10-8(11,9(12,13)17(15)16)6-2-5-1-4(6)3-7(5)14/h4-6,17H,1-3H2. The van der Waals surface area contributed by atoms with E-state index >= 15 is 0 Å². The summed E-state index contributed by atoms with van der Waals surface area (Å²) in [5, 5.41) is -5.04. The van der Waals surface area contributed by atoms with Gasteiger partial charge in [-0.25, -0.2) is 8.42 Å². The molecule has 0 aliphatic heterocycles. The highest BCUT2D eigenvalue weighted by atomic mass is 32.2. The van der Waals surface area contributed by atoms with Crippen molar-refractivity contribution in [3.8, 4) is 0 Å². The minimum absolute atomic E-state index is 0.142. The fourth-order valence-electron chi connectivity index (χ4n) is 2.83. The molecule has 2 fully saturated rings. The van der Waals surface area contributed by atoms with Crippen LogP contribution in [0, 0.1) is 17.8 Å². The van der Waals surface area contributed by atoms with Crippen LogP contribution in [0.4, 0.5) is 17.6 Å². The molecule has 3 unspecified atom stereocenters. The summed E-state index contributed by atoms with van der Waals surface area (Å²) in [7, 11) is -4.54. The van der Waals surface area contributed by atoms with Gasteiger partial charge in [-0.1, -0.05) is 0 Å². The van der Waals surface area contributed by atoms with E-state index in [1.165, 1.54) is 0 Å². The van der Waals surface area contributed by atoms with Gasteiger partial charge in [-0.05, 0) is 18.8 Å². The molecule has 2 rings (SSSR count). The Morgan fingerprint density at radius 1 is 1.12 bits per heavy atom. The highest BCUT2D eigenvalue weighted by Gasteiger charge is 2.68. The van der Waals surface area contributed by atoms with E-state index in [0.717, 1.165) is 0 Å². The van der Waals surface area contributed by atoms with Crippen molar-refractivity contribution >= 4 is 16.5 Å². The number of ketones is 1. The van der Waals surface area contributed by atoms with Crippen molar-refractivity contribution in [3.63, 3.8) is 0 Å². The maximum absolute atomic E-state index is 13.5. The molecule has 2 aliphatic rings. The molecular formula is C9H10F4O3S. The van der Waals surface area contributed by atoms with Crippen LogP contribution in [-0.2, 0) is 15.5 Å². The Hall–Kier alpha value is -0.660. The van der Waals surface area contributed by atoms with Crippen LogP contribution in [0.25, 0.3) is 0 Å². The summed E-state index contributed by atoms with van der Waals surface area (Å²) < 4.78 is 73.4. The van der Waals surface area contributed by atoms with Crippen LogP contribution in [0.3, 0.4) is 0 Å². The molecule has 0 aromatic carbocycles. The number of halogens is 4. The highest BCUT2D eigenvalue weighted by Crippen LogP contribution is 2.56. The second kappa shape index (κ2) is 3.66. The molecule has 98 valence electrons. The number of rotatable bonds is 3. The number of hydrogen-bond acceptors (Lipinski definition) is 3. The van der Waals surface area contributed by atoms with Crippen LogP contribution < -0.4 is 0 Å². The van der Waals surface area contributed by atoms with E-state index in [1.54, 1.807) is 0 Å². The Labute approximate surface area is 96.1 Å². The summed E-state index contributed by atoms with van der Waals surface area (Å²) in [4.78, 5) is 11.1. The molecule has 0 amide bonds. The van der Waals surface area contributed by atoms with Gasteiger partial charge in [0.15, 0.2) is 0 Å². The third kappa shape index (κ3) is 1.68. The SMILES string of the molecule is O=C1CC2CC1CC2C(F)(F)C(F)(F)[SH](=O)=O. The summed E-state index contributed by atoms with van der Waals surface area (Å²) in [6.45, 7) is 0. The summed E-state index contributed by atoms with van der Waals surface area (Å²) in [5.41, 5.74) is 0. The molecule has 17 heavy (non-hydrogen) atoms. The summed E-state index contributed by atoms with van der Waals surface area (Å²) in [5.74, 6) is -7.91. The van der Waals surface area contributed by atoms with E-state index in [-0.39, 0.29) is 25.0 Å². The quantitative estimate of drug-likeness (QED) is 0.626. The van der Waals surface area contributed by atoms with Gasteiger partial charge in [0, 0.05) is 18.3 Å². The zero-order valence-corrected chi connectivity index (χ0v) is 9.43. The predicted octanol–water partition coefficient (Wildman–Crippen LogP) is 1.44. The van der Waals surface area contributed by atoms with Crippen molar-refractivity contribution in [1.29, 1.82) is 0 Å². The van der Waals surface area contributed by atoms with Gasteiger partial charge in [0.2, 0.25) is 10.7 Å². The monoisotopic (exact) mass is 274 g/mol. The van der Waals surface area contributed by atoms with E-state index in [9.17, 15) is 30.8 Å². The number of Topliss-reactive ketones (excluding diaryl/α,β-unsaturated/α-hetero) is 1. The van der Waals surface area contributed by atoms with Gasteiger partial charge in [-0.3, -0.25) is 4.79 Å². The normalized spacial score (nSPS) is 33.7. The first-order valence-electron chi connectivity index (χ1n) is 5.10. The van der Waals surface area contributed by atoms with Gasteiger partial charge < -0.3 is 0 Å². The van der Waals surface area contributed by atoms with Crippen LogP contribution in [0.2, 0.25) is 0 Å². The molecule has 2 aliphatic carbocycles. The maximum atomic E-state index is 13.5. The summed E-state index contributed by atoms with van der Waals surface area (Å²) >= 11 is 0. The molecule has 0 N–H and O–H groups in total. The fourth-order valence-corrected chi connectivity index (χ4v) is 3.24. The Morgan fingerprint density at radius 3 is 2.06 bits per heavy atom. The van der Waals surface area contributed by atoms with Crippen LogP contribution in [0.5, 0.6) is 0 Å². The largest absolute Gasteiger partial charge is 0.404 e. The minimum atomic E-state index is -5.04. The van der Waals surface area contributed by atoms with E-state index in [2.05, 4.69) is 0 Å². The number of thiol groups is 1. The highest BCUT2D eigenvalue weighted by molar-refractivity contribution is 7.73. The molecule has 2 saturated carbocycles. The van der Waals surface area contributed by atoms with Gasteiger partial charge in [0.1, 0.15) is 5.78 Å². The minimum Gasteiger partial charge on any atom is -0.299 e. The third-order valence-corrected chi connectivity index (χ3v) is 4.47. The molecule has 2 bridgehead atoms. The average Bonchev–Trinajstić information content (AvgIpc) is 2.75. The number of carbonyl (C=O) groups is 1. The maximum Gasteiger partial charge on any atom is 0.404 e. The summed E-state index contributed by atoms with van der Waals surface area (Å²) in [6.07, 6.45) is -0.309. The lowest BCUT2D eigenvalue weighted by Gasteiger charge is -2.32. The van der Waals surface area contributed by atoms with Gasteiger partial charge in [0.25, 0.3) is 0 Å². The third-order valence-electron chi connectivity index (χ3n) is 3.71. The average molecular weight is 274 g/mol. The van der Waals surface area contributed by atoms with Crippen LogP contribution in [0.1, 0.15) is 19.3 Å². The van der Waals surface area contributed by atoms with Crippen molar-refractivity contribution in [2.75, 3.05) is 0 Å². The van der Waals surface area contributed by atoms with E-state index in [0.29, 0.717) is 0 Å². The first kappa shape index (κ1) is 12.8. The Kier molecular flexibility index (Phi) is 2.76. The van der Waals surface area contributed by atoms with Crippen molar-refractivity contribution in [1.82, 2.24) is 0 Å². The fraction of sp³-hybridized carbons (Fsp3) is 0.889. The lowest BCUT2D eigenvalue weighted by atomic mass is 9.83. The second-order valence-corrected chi connectivity index (χ2v) is 5.70. The van der Waals surface area contributed by atoms with Crippen LogP contribution in [0.15, 0.2) is 0 Å². The summed E-state index contributed by atoms with van der Waals surface area (Å²) in [6, 6.07) is 0. The van der Waals surface area contributed by atoms with Gasteiger partial charge in [-0.15, -0.1) is 0 Å². The molecule has 0 radical (unpaired) electrons. The predicted molar refractivity (Wildman–Crippen MR) is 49.5 cm³/mol. The number of alkyl halides is 4. The molecule has 0 spiro atoms. The van der Waals surface area contributed by atoms with Crippen molar-refractivity contribution in [3.05, 3.63) is 0 Å². The molecule has 8 heteroatoms. The topological polar surface area (TPSA) is 51.2 Å². The molecule has 0 aromatic rings. The Morgan fingerprint density at radius 2 is 1.71 bits per heavy atom. The molecule has 0 saturated heterocycles. The zero-order valence-electron chi connectivity index (χ0n) is 8.54. The molecule has 0 aromatic heterocycles. The molecule has 0 heterocycles. The number of carbonyl (C=O) groups excluding carboxylic acids is 1. The van der Waals surface area contributed by atoms with Gasteiger partial charge in [0.05, 0.1) is 0 Å². The van der Waals surface area contributed by atoms with Crippen molar-refractivity contribution in [2.24, 2.45) is 17.8 Å². The first-order valence-corrected chi connectivity index (χ1v) is 6.28. The van der Waals surface area contributed by atoms with E-state index in [4.69, 9.17) is 0 Å². The van der Waals surface area contributed by atoms with E-state index in [1.807, 2.05) is 0 Å². The Balaban J connectivity index is 2.27. The van der Waals surface area contributed by atoms with Crippen molar-refractivity contribution < 1.29 is 30.8 Å². The second-order valence-electron chi connectivity index (χ2n) is 4.63. The molecule has 3 nitrogen and oxygen atoms in total. The number of fused-ring (bicyclic) bond motifs is 2. The van der Waals surface area contributed by atoms with Gasteiger partial charge >= 0.3 is 11.2 Å². The van der Waals surface area contributed by atoms with Crippen LogP contribution >= 0.6 is 0 Å². The van der Waals surface area contributed by atoms with Gasteiger partial charge in [-0.2, -0.15) is 17.6 Å². The number of hydrogen-bond donors (Lipinski definition) is 1. The molecular weight excluding hydrogens is 264 g/mol. The Bertz CT molecular complexity index is 424. The lowest BCUT2D eigenvalue weighted by molar-refractivity contribution is -0.198. The van der Waals surface area contributed by atoms with Crippen molar-refractivity contribution in [2.45, 2.75) is 30.4 Å². The molecule has 3 atom stereocenters.